The number of unbranched alkanes of at least 4 members (excludes halogenated alkanes) is 17. The zero-order valence-corrected chi connectivity index (χ0v) is 28.8. The zero-order chi connectivity index (χ0) is 31.6. The number of carbonyl (C=O) groups is 2. The lowest BCUT2D eigenvalue weighted by atomic mass is 10.0. The Morgan fingerprint density at radius 1 is 0.581 bits per heavy atom. The van der Waals surface area contributed by atoms with Crippen molar-refractivity contribution in [3.8, 4) is 6.07 Å². The molecule has 0 fully saturated rings. The maximum absolute atomic E-state index is 12.7. The number of esters is 2. The summed E-state index contributed by atoms with van der Waals surface area (Å²) in [6, 6.07) is 2.22. The topological polar surface area (TPSA) is 79.6 Å². The van der Waals surface area contributed by atoms with Gasteiger partial charge in [-0.25, -0.2) is 0 Å². The van der Waals surface area contributed by atoms with Gasteiger partial charge in [0.25, 0.3) is 0 Å². The molecule has 6 heteroatoms. The summed E-state index contributed by atoms with van der Waals surface area (Å²) in [6.45, 7) is 8.86. The van der Waals surface area contributed by atoms with Crippen molar-refractivity contribution in [2.24, 2.45) is 0 Å². The monoisotopic (exact) mass is 607 g/mol. The van der Waals surface area contributed by atoms with Gasteiger partial charge in [-0.2, -0.15) is 5.26 Å². The third-order valence-corrected chi connectivity index (χ3v) is 8.32. The first kappa shape index (κ1) is 41.4. The van der Waals surface area contributed by atoms with Crippen LogP contribution in [0.15, 0.2) is 0 Å². The average Bonchev–Trinajstić information content (AvgIpc) is 2.99. The van der Waals surface area contributed by atoms with E-state index in [0.29, 0.717) is 51.9 Å². The molecule has 0 radical (unpaired) electrons. The Labute approximate surface area is 267 Å². The predicted octanol–water partition coefficient (Wildman–Crippen LogP) is 10.5. The molecule has 0 aromatic heterocycles. The summed E-state index contributed by atoms with van der Waals surface area (Å²) in [5.74, 6) is -0.256. The third-order valence-electron chi connectivity index (χ3n) is 8.32. The first-order valence-corrected chi connectivity index (χ1v) is 18.5. The number of hydrogen-bond donors (Lipinski definition) is 0. The summed E-state index contributed by atoms with van der Waals surface area (Å²) < 4.78 is 11.4. The Hall–Kier alpha value is -1.61. The Morgan fingerprint density at radius 2 is 1.00 bits per heavy atom. The van der Waals surface area contributed by atoms with Gasteiger partial charge in [-0.05, 0) is 58.0 Å². The number of ether oxygens (including phenoxy) is 2. The second-order valence-electron chi connectivity index (χ2n) is 12.6. The van der Waals surface area contributed by atoms with Crippen molar-refractivity contribution < 1.29 is 19.1 Å². The van der Waals surface area contributed by atoms with Crippen LogP contribution in [-0.4, -0.2) is 49.2 Å². The summed E-state index contributed by atoms with van der Waals surface area (Å²) in [7, 11) is 0. The van der Waals surface area contributed by atoms with Crippen LogP contribution in [0.3, 0.4) is 0 Å². The standard InChI is InChI=1S/C37H70N2O4/c1-4-7-10-13-16-17-20-23-34-42-36(40)28-24-31-39(33-30-38)32-25-29-37(41)43-35(26-21-18-14-11-8-5-2)27-22-19-15-12-9-6-3/h35H,4-29,31-34H2,1-3H3. The van der Waals surface area contributed by atoms with Crippen LogP contribution in [0.25, 0.3) is 0 Å². The van der Waals surface area contributed by atoms with E-state index >= 15 is 0 Å². The van der Waals surface area contributed by atoms with E-state index in [-0.39, 0.29) is 18.0 Å². The van der Waals surface area contributed by atoms with Gasteiger partial charge in [-0.15, -0.1) is 0 Å². The summed E-state index contributed by atoms with van der Waals surface area (Å²) in [6.07, 6.45) is 28.9. The summed E-state index contributed by atoms with van der Waals surface area (Å²) in [5, 5.41) is 9.25. The van der Waals surface area contributed by atoms with Crippen molar-refractivity contribution in [2.75, 3.05) is 26.2 Å². The number of hydrogen-bond acceptors (Lipinski definition) is 6. The van der Waals surface area contributed by atoms with Crippen LogP contribution < -0.4 is 0 Å². The number of nitriles is 1. The van der Waals surface area contributed by atoms with Gasteiger partial charge in [0, 0.05) is 12.8 Å². The van der Waals surface area contributed by atoms with Gasteiger partial charge >= 0.3 is 11.9 Å². The molecule has 0 aliphatic heterocycles. The first-order valence-electron chi connectivity index (χ1n) is 18.5. The largest absolute Gasteiger partial charge is 0.466 e. The second kappa shape index (κ2) is 33.3. The summed E-state index contributed by atoms with van der Waals surface area (Å²) in [4.78, 5) is 26.8. The molecule has 6 nitrogen and oxygen atoms in total. The third kappa shape index (κ3) is 30.2. The number of carbonyl (C=O) groups excluding carboxylic acids is 2. The van der Waals surface area contributed by atoms with E-state index in [1.165, 1.54) is 103 Å². The molecule has 0 aliphatic carbocycles. The lowest BCUT2D eigenvalue weighted by Crippen LogP contribution is -2.28. The van der Waals surface area contributed by atoms with Gasteiger partial charge in [0.1, 0.15) is 6.10 Å². The lowest BCUT2D eigenvalue weighted by Gasteiger charge is -2.20. The molecule has 0 spiro atoms. The van der Waals surface area contributed by atoms with Crippen LogP contribution in [-0.2, 0) is 19.1 Å². The molecule has 0 bridgehead atoms. The fourth-order valence-electron chi connectivity index (χ4n) is 5.57. The minimum Gasteiger partial charge on any atom is -0.466 e. The molecule has 0 heterocycles. The van der Waals surface area contributed by atoms with Crippen molar-refractivity contribution in [1.82, 2.24) is 4.90 Å². The van der Waals surface area contributed by atoms with Crippen LogP contribution in [0.1, 0.15) is 188 Å². The van der Waals surface area contributed by atoms with E-state index in [0.717, 1.165) is 38.5 Å². The van der Waals surface area contributed by atoms with E-state index in [1.807, 2.05) is 4.90 Å². The Kier molecular flexibility index (Phi) is 32.0. The molecule has 0 N–H and O–H groups in total. The molecular formula is C37H70N2O4. The number of nitrogens with zero attached hydrogens (tertiary/aromatic N) is 2. The minimum atomic E-state index is -0.148. The van der Waals surface area contributed by atoms with Crippen molar-refractivity contribution >= 4 is 11.9 Å². The fourth-order valence-corrected chi connectivity index (χ4v) is 5.57. The molecule has 0 rings (SSSR count). The van der Waals surface area contributed by atoms with Gasteiger partial charge < -0.3 is 9.47 Å². The minimum absolute atomic E-state index is 0.0388. The molecule has 0 saturated carbocycles. The first-order chi connectivity index (χ1) is 21.1. The van der Waals surface area contributed by atoms with E-state index in [2.05, 4.69) is 26.8 Å². The smallest absolute Gasteiger partial charge is 0.306 e. The van der Waals surface area contributed by atoms with Gasteiger partial charge in [-0.3, -0.25) is 14.5 Å². The maximum atomic E-state index is 12.7. The molecule has 0 aromatic rings. The van der Waals surface area contributed by atoms with Crippen molar-refractivity contribution in [2.45, 2.75) is 194 Å². The normalized spacial score (nSPS) is 11.3. The molecule has 0 amide bonds. The summed E-state index contributed by atoms with van der Waals surface area (Å²) in [5.41, 5.74) is 0. The maximum Gasteiger partial charge on any atom is 0.306 e. The van der Waals surface area contributed by atoms with Gasteiger partial charge in [0.05, 0.1) is 19.2 Å². The van der Waals surface area contributed by atoms with Crippen molar-refractivity contribution in [3.05, 3.63) is 0 Å². The van der Waals surface area contributed by atoms with Crippen LogP contribution in [0.2, 0.25) is 0 Å². The van der Waals surface area contributed by atoms with Crippen LogP contribution in [0, 0.1) is 11.3 Å². The second-order valence-corrected chi connectivity index (χ2v) is 12.6. The molecule has 0 atom stereocenters. The highest BCUT2D eigenvalue weighted by molar-refractivity contribution is 5.69. The fraction of sp³-hybridized carbons (Fsp3) is 0.919. The van der Waals surface area contributed by atoms with Crippen LogP contribution in [0.4, 0.5) is 0 Å². The highest BCUT2D eigenvalue weighted by Crippen LogP contribution is 2.18. The molecule has 43 heavy (non-hydrogen) atoms. The van der Waals surface area contributed by atoms with Gasteiger partial charge in [-0.1, -0.05) is 130 Å². The molecular weight excluding hydrogens is 536 g/mol. The summed E-state index contributed by atoms with van der Waals surface area (Å²) >= 11 is 0. The molecule has 0 unspecified atom stereocenters. The SMILES string of the molecule is CCCCCCCCCCOC(=O)CCCN(CC#N)CCCC(=O)OC(CCCCCCCC)CCCCCCCC. The quantitative estimate of drug-likeness (QED) is 0.0420. The van der Waals surface area contributed by atoms with E-state index in [4.69, 9.17) is 9.47 Å². The molecule has 0 aliphatic rings. The predicted molar refractivity (Wildman–Crippen MR) is 180 cm³/mol. The Balaban J connectivity index is 4.22. The highest BCUT2D eigenvalue weighted by Gasteiger charge is 2.15. The zero-order valence-electron chi connectivity index (χ0n) is 28.8. The Morgan fingerprint density at radius 3 is 1.47 bits per heavy atom. The molecule has 252 valence electrons. The number of rotatable bonds is 33. The Bertz CT molecular complexity index is 647. The van der Waals surface area contributed by atoms with Gasteiger partial charge in [0.2, 0.25) is 0 Å². The van der Waals surface area contributed by atoms with Crippen LogP contribution in [0.5, 0.6) is 0 Å². The van der Waals surface area contributed by atoms with E-state index in [1.54, 1.807) is 0 Å². The van der Waals surface area contributed by atoms with Gasteiger partial charge in [0.15, 0.2) is 0 Å². The lowest BCUT2D eigenvalue weighted by molar-refractivity contribution is -0.150. The van der Waals surface area contributed by atoms with Crippen molar-refractivity contribution in [1.29, 1.82) is 5.26 Å². The average molecular weight is 607 g/mol. The highest BCUT2D eigenvalue weighted by atomic mass is 16.5. The van der Waals surface area contributed by atoms with Crippen LogP contribution >= 0.6 is 0 Å². The van der Waals surface area contributed by atoms with E-state index in [9.17, 15) is 14.9 Å². The van der Waals surface area contributed by atoms with E-state index < -0.39 is 0 Å². The molecule has 0 saturated heterocycles. The van der Waals surface area contributed by atoms with Crippen molar-refractivity contribution in [3.63, 3.8) is 0 Å². The molecule has 0 aromatic carbocycles.